The lowest BCUT2D eigenvalue weighted by Crippen LogP contribution is -2.19. The van der Waals surface area contributed by atoms with E-state index >= 15 is 0 Å². The van der Waals surface area contributed by atoms with Crippen molar-refractivity contribution < 1.29 is 9.18 Å². The van der Waals surface area contributed by atoms with Gasteiger partial charge in [-0.2, -0.15) is 0 Å². The second-order valence-electron chi connectivity index (χ2n) is 2.88. The van der Waals surface area contributed by atoms with Crippen LogP contribution in [0.4, 0.5) is 4.39 Å². The summed E-state index contributed by atoms with van der Waals surface area (Å²) in [5.41, 5.74) is 0.799. The summed E-state index contributed by atoms with van der Waals surface area (Å²) in [6.45, 7) is 0. The molecule has 0 fully saturated rings. The van der Waals surface area contributed by atoms with E-state index < -0.39 is 11.7 Å². The van der Waals surface area contributed by atoms with E-state index in [1.54, 1.807) is 12.1 Å². The molecular formula is C11H11BrFNO. The van der Waals surface area contributed by atoms with E-state index in [1.165, 1.54) is 19.2 Å². The average molecular weight is 272 g/mol. The van der Waals surface area contributed by atoms with Crippen molar-refractivity contribution in [1.82, 2.24) is 5.32 Å². The number of amides is 1. The molecule has 1 N–H and O–H groups in total. The van der Waals surface area contributed by atoms with Gasteiger partial charge in [0, 0.05) is 12.4 Å². The number of rotatable bonds is 3. The van der Waals surface area contributed by atoms with E-state index in [0.29, 0.717) is 5.33 Å². The molecule has 15 heavy (non-hydrogen) atoms. The summed E-state index contributed by atoms with van der Waals surface area (Å²) in [6, 6.07) is 4.51. The summed E-state index contributed by atoms with van der Waals surface area (Å²) in [5, 5.41) is 3.09. The first kappa shape index (κ1) is 11.9. The molecule has 1 rings (SSSR count). The molecule has 1 amide bonds. The van der Waals surface area contributed by atoms with Crippen LogP contribution < -0.4 is 5.32 Å². The van der Waals surface area contributed by atoms with Gasteiger partial charge in [0.15, 0.2) is 0 Å². The van der Waals surface area contributed by atoms with Crippen LogP contribution in [0.1, 0.15) is 15.9 Å². The molecule has 0 spiro atoms. The largest absolute Gasteiger partial charge is 0.355 e. The van der Waals surface area contributed by atoms with E-state index in [4.69, 9.17) is 0 Å². The molecular weight excluding hydrogens is 261 g/mol. The van der Waals surface area contributed by atoms with Crippen LogP contribution in [-0.4, -0.2) is 18.3 Å². The molecule has 80 valence electrons. The highest BCUT2D eigenvalue weighted by Crippen LogP contribution is 2.11. The summed E-state index contributed by atoms with van der Waals surface area (Å²) in [6.07, 6.45) is 3.64. The molecule has 0 aliphatic rings. The van der Waals surface area contributed by atoms with Gasteiger partial charge in [0.2, 0.25) is 0 Å². The van der Waals surface area contributed by atoms with Gasteiger partial charge in [0.05, 0.1) is 5.56 Å². The Morgan fingerprint density at radius 3 is 2.87 bits per heavy atom. The molecule has 0 radical (unpaired) electrons. The lowest BCUT2D eigenvalue weighted by Gasteiger charge is -2.02. The van der Waals surface area contributed by atoms with Crippen molar-refractivity contribution in [3.05, 3.63) is 41.2 Å². The third-order valence-corrected chi connectivity index (χ3v) is 2.24. The summed E-state index contributed by atoms with van der Waals surface area (Å²) in [7, 11) is 1.47. The van der Waals surface area contributed by atoms with Crippen molar-refractivity contribution >= 4 is 27.9 Å². The number of hydrogen-bond donors (Lipinski definition) is 1. The first-order valence-electron chi connectivity index (χ1n) is 4.43. The zero-order valence-corrected chi connectivity index (χ0v) is 9.84. The Morgan fingerprint density at radius 1 is 1.60 bits per heavy atom. The maximum Gasteiger partial charge on any atom is 0.253 e. The van der Waals surface area contributed by atoms with Crippen LogP contribution in [0.25, 0.3) is 6.08 Å². The molecule has 0 aliphatic heterocycles. The van der Waals surface area contributed by atoms with E-state index in [1.807, 2.05) is 6.08 Å². The Balaban J connectivity index is 2.98. The highest BCUT2D eigenvalue weighted by atomic mass is 79.9. The number of halogens is 2. The Bertz CT molecular complexity index is 390. The van der Waals surface area contributed by atoms with E-state index in [0.717, 1.165) is 5.56 Å². The molecule has 2 nitrogen and oxygen atoms in total. The van der Waals surface area contributed by atoms with Crippen LogP contribution in [-0.2, 0) is 0 Å². The number of nitrogens with one attached hydrogen (secondary N) is 1. The van der Waals surface area contributed by atoms with Gasteiger partial charge in [-0.05, 0) is 17.7 Å². The summed E-state index contributed by atoms with van der Waals surface area (Å²) >= 11 is 3.23. The fraction of sp³-hybridized carbons (Fsp3) is 0.182. The molecule has 0 atom stereocenters. The van der Waals surface area contributed by atoms with Crippen LogP contribution in [0.2, 0.25) is 0 Å². The lowest BCUT2D eigenvalue weighted by molar-refractivity contribution is 0.0959. The van der Waals surface area contributed by atoms with Gasteiger partial charge in [-0.25, -0.2) is 4.39 Å². The average Bonchev–Trinajstić information content (AvgIpc) is 2.25. The molecule has 0 bridgehead atoms. The molecule has 0 aliphatic carbocycles. The van der Waals surface area contributed by atoms with Crippen LogP contribution in [0.3, 0.4) is 0 Å². The minimum absolute atomic E-state index is 0.0634. The van der Waals surface area contributed by atoms with Gasteiger partial charge in [-0.1, -0.05) is 34.1 Å². The van der Waals surface area contributed by atoms with Crippen LogP contribution in [0.5, 0.6) is 0 Å². The van der Waals surface area contributed by atoms with Gasteiger partial charge in [0.25, 0.3) is 5.91 Å². The van der Waals surface area contributed by atoms with Gasteiger partial charge in [-0.15, -0.1) is 0 Å². The maximum absolute atomic E-state index is 13.4. The number of hydrogen-bond acceptors (Lipinski definition) is 1. The van der Waals surface area contributed by atoms with Crippen molar-refractivity contribution in [2.45, 2.75) is 0 Å². The van der Waals surface area contributed by atoms with Crippen LogP contribution in [0, 0.1) is 5.82 Å². The lowest BCUT2D eigenvalue weighted by atomic mass is 10.1. The number of allylic oxidation sites excluding steroid dienone is 1. The number of carbonyl (C=O) groups is 1. The summed E-state index contributed by atoms with van der Waals surface area (Å²) in [4.78, 5) is 11.2. The second kappa shape index (κ2) is 5.66. The molecule has 0 heterocycles. The van der Waals surface area contributed by atoms with Crippen molar-refractivity contribution in [2.24, 2.45) is 0 Å². The third-order valence-electron chi connectivity index (χ3n) is 1.86. The predicted molar refractivity (Wildman–Crippen MR) is 62.6 cm³/mol. The highest BCUT2D eigenvalue weighted by Gasteiger charge is 2.09. The molecule has 1 aromatic carbocycles. The Hall–Kier alpha value is -1.16. The molecule has 0 saturated carbocycles. The van der Waals surface area contributed by atoms with Crippen molar-refractivity contribution in [3.8, 4) is 0 Å². The van der Waals surface area contributed by atoms with Crippen molar-refractivity contribution in [3.63, 3.8) is 0 Å². The minimum atomic E-state index is -0.508. The van der Waals surface area contributed by atoms with Crippen LogP contribution in [0.15, 0.2) is 24.3 Å². The zero-order valence-electron chi connectivity index (χ0n) is 8.26. The molecule has 0 aromatic heterocycles. The Kier molecular flexibility index (Phi) is 4.49. The van der Waals surface area contributed by atoms with Gasteiger partial charge < -0.3 is 5.32 Å². The third kappa shape index (κ3) is 3.16. The molecule has 1 aromatic rings. The summed E-state index contributed by atoms with van der Waals surface area (Å²) in [5.74, 6) is -0.922. The van der Waals surface area contributed by atoms with Crippen LogP contribution >= 0.6 is 15.9 Å². The zero-order chi connectivity index (χ0) is 11.3. The predicted octanol–water partition coefficient (Wildman–Crippen LogP) is 2.59. The normalized spacial score (nSPS) is 10.6. The molecule has 4 heteroatoms. The quantitative estimate of drug-likeness (QED) is 0.842. The number of benzene rings is 1. The fourth-order valence-corrected chi connectivity index (χ4v) is 1.32. The standard InChI is InChI=1S/C11H11BrFNO/c1-14-11(15)9-5-4-8(3-2-6-12)7-10(9)13/h2-5,7H,6H2,1H3,(H,14,15). The second-order valence-corrected chi connectivity index (χ2v) is 3.52. The number of alkyl halides is 1. The van der Waals surface area contributed by atoms with E-state index in [9.17, 15) is 9.18 Å². The highest BCUT2D eigenvalue weighted by molar-refractivity contribution is 9.09. The Labute approximate surface area is 96.3 Å². The van der Waals surface area contributed by atoms with Gasteiger partial charge in [0.1, 0.15) is 5.82 Å². The fourth-order valence-electron chi connectivity index (χ4n) is 1.13. The number of carbonyl (C=O) groups excluding carboxylic acids is 1. The maximum atomic E-state index is 13.4. The smallest absolute Gasteiger partial charge is 0.253 e. The molecule has 0 unspecified atom stereocenters. The van der Waals surface area contributed by atoms with Crippen molar-refractivity contribution in [1.29, 1.82) is 0 Å². The minimum Gasteiger partial charge on any atom is -0.355 e. The first-order chi connectivity index (χ1) is 7.19. The SMILES string of the molecule is CNC(=O)c1ccc(C=CCBr)cc1F. The topological polar surface area (TPSA) is 29.1 Å². The molecule has 0 saturated heterocycles. The van der Waals surface area contributed by atoms with E-state index in [-0.39, 0.29) is 5.56 Å². The van der Waals surface area contributed by atoms with Gasteiger partial charge in [-0.3, -0.25) is 4.79 Å². The van der Waals surface area contributed by atoms with Gasteiger partial charge >= 0.3 is 0 Å². The summed E-state index contributed by atoms with van der Waals surface area (Å²) < 4.78 is 13.4. The first-order valence-corrected chi connectivity index (χ1v) is 5.55. The van der Waals surface area contributed by atoms with E-state index in [2.05, 4.69) is 21.2 Å². The Morgan fingerprint density at radius 2 is 2.33 bits per heavy atom. The van der Waals surface area contributed by atoms with Crippen molar-refractivity contribution in [2.75, 3.05) is 12.4 Å². The monoisotopic (exact) mass is 271 g/mol.